The van der Waals surface area contributed by atoms with Gasteiger partial charge in [-0.15, -0.1) is 0 Å². The van der Waals surface area contributed by atoms with E-state index in [1.165, 1.54) is 38.5 Å². The number of halogens is 1. The molecule has 1 saturated heterocycles. The molecular weight excluding hydrogens is 290 g/mol. The lowest BCUT2D eigenvalue weighted by Crippen LogP contribution is -2.35. The van der Waals surface area contributed by atoms with E-state index in [0.29, 0.717) is 6.04 Å². The van der Waals surface area contributed by atoms with Gasteiger partial charge in [0.2, 0.25) is 5.95 Å². The van der Waals surface area contributed by atoms with Crippen molar-refractivity contribution < 1.29 is 0 Å². The van der Waals surface area contributed by atoms with Crippen LogP contribution in [0.15, 0.2) is 12.4 Å². The van der Waals surface area contributed by atoms with Gasteiger partial charge in [0.05, 0.1) is 0 Å². The molecule has 0 amide bonds. The highest BCUT2D eigenvalue weighted by atomic mass is 79.9. The van der Waals surface area contributed by atoms with Crippen molar-refractivity contribution in [3.8, 4) is 0 Å². The lowest BCUT2D eigenvalue weighted by atomic mass is 9.96. The van der Waals surface area contributed by atoms with Gasteiger partial charge in [-0.3, -0.25) is 0 Å². The Kier molecular flexibility index (Phi) is 3.83. The van der Waals surface area contributed by atoms with Crippen LogP contribution < -0.4 is 4.90 Å². The van der Waals surface area contributed by atoms with Gasteiger partial charge in [0, 0.05) is 30.3 Å². The maximum atomic E-state index is 4.54. The van der Waals surface area contributed by atoms with E-state index in [1.807, 2.05) is 12.4 Å². The molecule has 1 aromatic rings. The van der Waals surface area contributed by atoms with Crippen LogP contribution in [0.4, 0.5) is 5.95 Å². The van der Waals surface area contributed by atoms with Crippen molar-refractivity contribution >= 4 is 21.9 Å². The average molecular weight is 310 g/mol. The smallest absolute Gasteiger partial charge is 0.225 e. The third kappa shape index (κ3) is 2.40. The highest BCUT2D eigenvalue weighted by molar-refractivity contribution is 9.08. The molecule has 2 heterocycles. The van der Waals surface area contributed by atoms with Crippen molar-refractivity contribution in [2.45, 2.75) is 49.9 Å². The summed E-state index contributed by atoms with van der Waals surface area (Å²) < 4.78 is 0. The maximum Gasteiger partial charge on any atom is 0.225 e. The van der Waals surface area contributed by atoms with Crippen molar-refractivity contribution in [2.75, 3.05) is 11.4 Å². The summed E-state index contributed by atoms with van der Waals surface area (Å²) in [6.45, 7) is 1.13. The summed E-state index contributed by atoms with van der Waals surface area (Å²) >= 11 is 3.44. The largest absolute Gasteiger partial charge is 0.338 e. The lowest BCUT2D eigenvalue weighted by Gasteiger charge is -2.29. The van der Waals surface area contributed by atoms with E-state index in [1.54, 1.807) is 0 Å². The van der Waals surface area contributed by atoms with Gasteiger partial charge in [-0.1, -0.05) is 28.8 Å². The number of hydrogen-bond acceptors (Lipinski definition) is 3. The molecule has 0 radical (unpaired) electrons. The molecule has 18 heavy (non-hydrogen) atoms. The summed E-state index contributed by atoms with van der Waals surface area (Å²) in [5.41, 5.74) is 1.15. The summed E-state index contributed by atoms with van der Waals surface area (Å²) in [5.74, 6) is 1.82. The van der Waals surface area contributed by atoms with Crippen LogP contribution in [0.1, 0.15) is 44.1 Å². The van der Waals surface area contributed by atoms with Gasteiger partial charge in [-0.25, -0.2) is 9.97 Å². The SMILES string of the molecule is BrCc1cnc(N2CCCC2C2CCCC2)nc1. The Balaban J connectivity index is 1.76. The molecule has 1 unspecified atom stereocenters. The highest BCUT2D eigenvalue weighted by Crippen LogP contribution is 2.36. The first-order chi connectivity index (χ1) is 8.88. The first kappa shape index (κ1) is 12.4. The van der Waals surface area contributed by atoms with E-state index in [9.17, 15) is 0 Å². The van der Waals surface area contributed by atoms with Crippen LogP contribution in [0.2, 0.25) is 0 Å². The summed E-state index contributed by atoms with van der Waals surface area (Å²) in [4.78, 5) is 11.5. The van der Waals surface area contributed by atoms with Crippen LogP contribution >= 0.6 is 15.9 Å². The number of rotatable bonds is 3. The van der Waals surface area contributed by atoms with Crippen LogP contribution in [0.5, 0.6) is 0 Å². The molecule has 0 N–H and O–H groups in total. The molecule has 1 aromatic heterocycles. The lowest BCUT2D eigenvalue weighted by molar-refractivity contribution is 0.427. The van der Waals surface area contributed by atoms with E-state index in [0.717, 1.165) is 29.3 Å². The molecular formula is C14H20BrN3. The van der Waals surface area contributed by atoms with E-state index >= 15 is 0 Å². The molecule has 98 valence electrons. The van der Waals surface area contributed by atoms with Crippen molar-refractivity contribution in [3.63, 3.8) is 0 Å². The summed E-state index contributed by atoms with van der Waals surface area (Å²) in [6, 6.07) is 0.697. The number of hydrogen-bond donors (Lipinski definition) is 0. The Bertz CT molecular complexity index is 387. The first-order valence-corrected chi connectivity index (χ1v) is 8.14. The summed E-state index contributed by atoms with van der Waals surface area (Å²) in [7, 11) is 0. The molecule has 2 fully saturated rings. The van der Waals surface area contributed by atoms with Crippen LogP contribution in [-0.2, 0) is 5.33 Å². The Morgan fingerprint density at radius 1 is 1.11 bits per heavy atom. The molecule has 1 aliphatic carbocycles. The average Bonchev–Trinajstić information content (AvgIpc) is 3.09. The summed E-state index contributed by atoms with van der Waals surface area (Å²) in [5, 5.41) is 0.833. The minimum Gasteiger partial charge on any atom is -0.338 e. The number of aromatic nitrogens is 2. The minimum atomic E-state index is 0.697. The molecule has 1 saturated carbocycles. The minimum absolute atomic E-state index is 0.697. The van der Waals surface area contributed by atoms with Crippen molar-refractivity contribution in [2.24, 2.45) is 5.92 Å². The Labute approximate surface area is 117 Å². The van der Waals surface area contributed by atoms with Crippen LogP contribution in [-0.4, -0.2) is 22.6 Å². The van der Waals surface area contributed by atoms with Crippen molar-refractivity contribution in [1.82, 2.24) is 9.97 Å². The van der Waals surface area contributed by atoms with E-state index in [-0.39, 0.29) is 0 Å². The molecule has 1 aliphatic heterocycles. The Hall–Kier alpha value is -0.640. The topological polar surface area (TPSA) is 29.0 Å². The first-order valence-electron chi connectivity index (χ1n) is 7.02. The second-order valence-corrected chi connectivity index (χ2v) is 6.03. The molecule has 3 rings (SSSR count). The fourth-order valence-corrected chi connectivity index (χ4v) is 3.73. The summed E-state index contributed by atoms with van der Waals surface area (Å²) in [6.07, 6.45) is 12.2. The monoisotopic (exact) mass is 309 g/mol. The second-order valence-electron chi connectivity index (χ2n) is 5.47. The number of anilines is 1. The Morgan fingerprint density at radius 2 is 1.83 bits per heavy atom. The fraction of sp³-hybridized carbons (Fsp3) is 0.714. The van der Waals surface area contributed by atoms with Gasteiger partial charge in [-0.2, -0.15) is 0 Å². The maximum absolute atomic E-state index is 4.54. The standard InChI is InChI=1S/C14H20BrN3/c15-8-11-9-16-14(17-10-11)18-7-3-6-13(18)12-4-1-2-5-12/h9-10,12-13H,1-8H2. The zero-order chi connectivity index (χ0) is 12.4. The fourth-order valence-electron chi connectivity index (χ4n) is 3.44. The van der Waals surface area contributed by atoms with Gasteiger partial charge in [0.15, 0.2) is 0 Å². The predicted molar refractivity (Wildman–Crippen MR) is 77.0 cm³/mol. The van der Waals surface area contributed by atoms with Crippen LogP contribution in [0.25, 0.3) is 0 Å². The third-order valence-corrected chi connectivity index (χ3v) is 4.99. The number of alkyl halides is 1. The quantitative estimate of drug-likeness (QED) is 0.800. The van der Waals surface area contributed by atoms with Crippen molar-refractivity contribution in [3.05, 3.63) is 18.0 Å². The zero-order valence-electron chi connectivity index (χ0n) is 10.7. The molecule has 0 bridgehead atoms. The van der Waals surface area contributed by atoms with E-state index < -0.39 is 0 Å². The van der Waals surface area contributed by atoms with E-state index in [2.05, 4.69) is 30.8 Å². The normalized spacial score (nSPS) is 24.9. The molecule has 0 aromatic carbocycles. The van der Waals surface area contributed by atoms with Crippen molar-refractivity contribution in [1.29, 1.82) is 0 Å². The molecule has 1 atom stereocenters. The van der Waals surface area contributed by atoms with Gasteiger partial charge >= 0.3 is 0 Å². The Morgan fingerprint density at radius 3 is 2.50 bits per heavy atom. The van der Waals surface area contributed by atoms with Gasteiger partial charge in [0.1, 0.15) is 0 Å². The predicted octanol–water partition coefficient (Wildman–Crippen LogP) is 3.53. The molecule has 2 aliphatic rings. The number of nitrogens with zero attached hydrogens (tertiary/aromatic N) is 3. The second kappa shape index (κ2) is 5.55. The highest BCUT2D eigenvalue weighted by Gasteiger charge is 2.34. The van der Waals surface area contributed by atoms with Gasteiger partial charge < -0.3 is 4.90 Å². The van der Waals surface area contributed by atoms with Crippen LogP contribution in [0.3, 0.4) is 0 Å². The molecule has 4 heteroatoms. The zero-order valence-corrected chi connectivity index (χ0v) is 12.3. The third-order valence-electron chi connectivity index (χ3n) is 4.35. The molecule has 0 spiro atoms. The van der Waals surface area contributed by atoms with E-state index in [4.69, 9.17) is 0 Å². The molecule has 3 nitrogen and oxygen atoms in total. The van der Waals surface area contributed by atoms with Crippen LogP contribution in [0, 0.1) is 5.92 Å². The van der Waals surface area contributed by atoms with Gasteiger partial charge in [0.25, 0.3) is 0 Å². The van der Waals surface area contributed by atoms with Gasteiger partial charge in [-0.05, 0) is 37.2 Å².